The average molecular weight is 265 g/mol. The molecule has 1 fully saturated rings. The van der Waals surface area contributed by atoms with Gasteiger partial charge in [-0.05, 0) is 42.9 Å². The molecule has 4 heteroatoms. The van der Waals surface area contributed by atoms with Gasteiger partial charge in [0.05, 0.1) is 0 Å². The molecule has 0 unspecified atom stereocenters. The number of halogens is 1. The van der Waals surface area contributed by atoms with E-state index in [1.54, 1.807) is 6.07 Å². The number of likely N-dealkylation sites (tertiary alicyclic amines) is 1. The van der Waals surface area contributed by atoms with Crippen LogP contribution in [-0.2, 0) is 11.2 Å². The van der Waals surface area contributed by atoms with Gasteiger partial charge in [0.1, 0.15) is 5.82 Å². The van der Waals surface area contributed by atoms with Gasteiger partial charge >= 0.3 is 0 Å². The number of amides is 1. The first-order chi connectivity index (χ1) is 9.19. The number of hydrogen-bond donors (Lipinski definition) is 1. The van der Waals surface area contributed by atoms with Gasteiger partial charge in [-0.2, -0.15) is 0 Å². The Morgan fingerprint density at radius 2 is 2.11 bits per heavy atom. The maximum atomic E-state index is 13.0. The zero-order valence-corrected chi connectivity index (χ0v) is 11.0. The van der Waals surface area contributed by atoms with Crippen LogP contribution in [-0.4, -0.2) is 35.6 Å². The number of piperidine rings is 1. The number of nitrogens with zero attached hydrogens (tertiary/aromatic N) is 1. The minimum atomic E-state index is -0.256. The predicted molar refractivity (Wildman–Crippen MR) is 71.1 cm³/mol. The Hall–Kier alpha value is -1.42. The molecule has 104 valence electrons. The highest BCUT2D eigenvalue weighted by molar-refractivity contribution is 5.76. The molecule has 1 aliphatic rings. The predicted octanol–water partition coefficient (Wildman–Crippen LogP) is 1.99. The van der Waals surface area contributed by atoms with Crippen molar-refractivity contribution < 1.29 is 14.3 Å². The Morgan fingerprint density at radius 3 is 2.74 bits per heavy atom. The van der Waals surface area contributed by atoms with Crippen molar-refractivity contribution in [2.45, 2.75) is 25.7 Å². The van der Waals surface area contributed by atoms with Crippen LogP contribution in [0.1, 0.15) is 24.8 Å². The van der Waals surface area contributed by atoms with E-state index >= 15 is 0 Å². The van der Waals surface area contributed by atoms with Gasteiger partial charge in [0.25, 0.3) is 0 Å². The second kappa shape index (κ2) is 6.66. The van der Waals surface area contributed by atoms with Gasteiger partial charge in [0.15, 0.2) is 0 Å². The molecule has 1 amide bonds. The van der Waals surface area contributed by atoms with Crippen LogP contribution in [0.2, 0.25) is 0 Å². The molecule has 0 saturated carbocycles. The largest absolute Gasteiger partial charge is 0.396 e. The number of carbonyl (C=O) groups is 1. The fraction of sp³-hybridized carbons (Fsp3) is 0.533. The lowest BCUT2D eigenvalue weighted by Crippen LogP contribution is -2.39. The Balaban J connectivity index is 1.79. The number of benzene rings is 1. The van der Waals surface area contributed by atoms with Gasteiger partial charge in [-0.25, -0.2) is 4.39 Å². The Kier molecular flexibility index (Phi) is 4.91. The molecule has 0 radical (unpaired) electrons. The summed E-state index contributed by atoms with van der Waals surface area (Å²) in [5.74, 6) is 0.210. The molecule has 1 aromatic rings. The van der Waals surface area contributed by atoms with E-state index in [1.165, 1.54) is 12.1 Å². The van der Waals surface area contributed by atoms with E-state index in [1.807, 2.05) is 11.0 Å². The van der Waals surface area contributed by atoms with Gasteiger partial charge < -0.3 is 10.0 Å². The Labute approximate surface area is 113 Å². The molecular formula is C15H20FNO2. The SMILES string of the molecule is O=C(CCc1cccc(F)c1)N1CCC(CO)CC1. The van der Waals surface area contributed by atoms with E-state index in [0.29, 0.717) is 18.8 Å². The van der Waals surface area contributed by atoms with E-state index in [-0.39, 0.29) is 18.3 Å². The first-order valence-corrected chi connectivity index (χ1v) is 6.82. The van der Waals surface area contributed by atoms with Gasteiger partial charge in [-0.15, -0.1) is 0 Å². The van der Waals surface area contributed by atoms with Gasteiger partial charge in [-0.1, -0.05) is 12.1 Å². The molecule has 1 aromatic carbocycles. The maximum Gasteiger partial charge on any atom is 0.222 e. The second-order valence-electron chi connectivity index (χ2n) is 5.14. The van der Waals surface area contributed by atoms with Crippen LogP contribution in [0.15, 0.2) is 24.3 Å². The number of rotatable bonds is 4. The van der Waals surface area contributed by atoms with Crippen molar-refractivity contribution in [2.24, 2.45) is 5.92 Å². The quantitative estimate of drug-likeness (QED) is 0.904. The fourth-order valence-corrected chi connectivity index (χ4v) is 2.47. The lowest BCUT2D eigenvalue weighted by atomic mass is 9.97. The molecule has 1 heterocycles. The van der Waals surface area contributed by atoms with Gasteiger partial charge in [0.2, 0.25) is 5.91 Å². The summed E-state index contributed by atoms with van der Waals surface area (Å²) in [6.07, 6.45) is 2.76. The van der Waals surface area contributed by atoms with E-state index in [4.69, 9.17) is 5.11 Å². The molecule has 3 nitrogen and oxygen atoms in total. The highest BCUT2D eigenvalue weighted by Crippen LogP contribution is 2.17. The standard InChI is InChI=1S/C15H20FNO2/c16-14-3-1-2-12(10-14)4-5-15(19)17-8-6-13(11-18)7-9-17/h1-3,10,13,18H,4-9,11H2. The maximum absolute atomic E-state index is 13.0. The van der Waals surface area contributed by atoms with Crippen LogP contribution >= 0.6 is 0 Å². The lowest BCUT2D eigenvalue weighted by Gasteiger charge is -2.31. The number of aryl methyl sites for hydroxylation is 1. The summed E-state index contributed by atoms with van der Waals surface area (Å²) >= 11 is 0. The first-order valence-electron chi connectivity index (χ1n) is 6.82. The third-order valence-electron chi connectivity index (χ3n) is 3.74. The molecule has 0 aromatic heterocycles. The zero-order chi connectivity index (χ0) is 13.7. The van der Waals surface area contributed by atoms with Gasteiger partial charge in [0, 0.05) is 26.1 Å². The molecular weight excluding hydrogens is 245 g/mol. The minimum Gasteiger partial charge on any atom is -0.396 e. The molecule has 0 atom stereocenters. The summed E-state index contributed by atoms with van der Waals surface area (Å²) in [7, 11) is 0. The summed E-state index contributed by atoms with van der Waals surface area (Å²) in [5.41, 5.74) is 0.860. The van der Waals surface area contributed by atoms with Crippen LogP contribution in [0.4, 0.5) is 4.39 Å². The molecule has 0 bridgehead atoms. The topological polar surface area (TPSA) is 40.5 Å². The second-order valence-corrected chi connectivity index (χ2v) is 5.14. The summed E-state index contributed by atoms with van der Waals surface area (Å²) in [6.45, 7) is 1.67. The van der Waals surface area contributed by atoms with Crippen molar-refractivity contribution in [1.29, 1.82) is 0 Å². The molecule has 2 rings (SSSR count). The van der Waals surface area contributed by atoms with Crippen LogP contribution in [0.3, 0.4) is 0 Å². The van der Waals surface area contributed by atoms with Crippen LogP contribution in [0.25, 0.3) is 0 Å². The van der Waals surface area contributed by atoms with Crippen molar-refractivity contribution in [2.75, 3.05) is 19.7 Å². The molecule has 0 aliphatic carbocycles. The zero-order valence-electron chi connectivity index (χ0n) is 11.0. The normalized spacial score (nSPS) is 16.6. The number of carbonyl (C=O) groups excluding carboxylic acids is 1. The van der Waals surface area contributed by atoms with E-state index in [2.05, 4.69) is 0 Å². The third-order valence-corrected chi connectivity index (χ3v) is 3.74. The van der Waals surface area contributed by atoms with Crippen LogP contribution in [0, 0.1) is 11.7 Å². The number of aliphatic hydroxyl groups excluding tert-OH is 1. The summed E-state index contributed by atoms with van der Waals surface area (Å²) in [5, 5.41) is 9.05. The summed E-state index contributed by atoms with van der Waals surface area (Å²) in [6, 6.07) is 6.40. The highest BCUT2D eigenvalue weighted by atomic mass is 19.1. The molecule has 19 heavy (non-hydrogen) atoms. The molecule has 1 saturated heterocycles. The van der Waals surface area contributed by atoms with Crippen molar-refractivity contribution >= 4 is 5.91 Å². The first kappa shape index (κ1) is 14.0. The smallest absolute Gasteiger partial charge is 0.222 e. The van der Waals surface area contributed by atoms with E-state index in [0.717, 1.165) is 31.5 Å². The fourth-order valence-electron chi connectivity index (χ4n) is 2.47. The number of aliphatic hydroxyl groups is 1. The molecule has 1 aliphatic heterocycles. The van der Waals surface area contributed by atoms with Gasteiger partial charge in [-0.3, -0.25) is 4.79 Å². The third kappa shape index (κ3) is 4.03. The van der Waals surface area contributed by atoms with Crippen molar-refractivity contribution in [1.82, 2.24) is 4.90 Å². The molecule has 1 N–H and O–H groups in total. The lowest BCUT2D eigenvalue weighted by molar-refractivity contribution is -0.132. The van der Waals surface area contributed by atoms with E-state index < -0.39 is 0 Å². The monoisotopic (exact) mass is 265 g/mol. The van der Waals surface area contributed by atoms with Crippen LogP contribution < -0.4 is 0 Å². The van der Waals surface area contributed by atoms with Crippen molar-refractivity contribution in [3.05, 3.63) is 35.6 Å². The summed E-state index contributed by atoms with van der Waals surface area (Å²) in [4.78, 5) is 13.9. The Morgan fingerprint density at radius 1 is 1.37 bits per heavy atom. The van der Waals surface area contributed by atoms with Crippen LogP contribution in [0.5, 0.6) is 0 Å². The summed E-state index contributed by atoms with van der Waals surface area (Å²) < 4.78 is 13.0. The average Bonchev–Trinajstić information content (AvgIpc) is 2.45. The number of hydrogen-bond acceptors (Lipinski definition) is 2. The van der Waals surface area contributed by atoms with E-state index in [9.17, 15) is 9.18 Å². The molecule has 0 spiro atoms. The van der Waals surface area contributed by atoms with Crippen molar-refractivity contribution in [3.63, 3.8) is 0 Å². The Bertz CT molecular complexity index is 428. The highest BCUT2D eigenvalue weighted by Gasteiger charge is 2.21. The van der Waals surface area contributed by atoms with Crippen molar-refractivity contribution in [3.8, 4) is 0 Å². The minimum absolute atomic E-state index is 0.126.